The van der Waals surface area contributed by atoms with E-state index in [-0.39, 0.29) is 10.8 Å². The molecule has 2 aromatic heterocycles. The van der Waals surface area contributed by atoms with E-state index in [1.54, 1.807) is 18.1 Å². The average molecular weight is 303 g/mol. The Balaban J connectivity index is 2.07. The highest BCUT2D eigenvalue weighted by Crippen LogP contribution is 2.29. The van der Waals surface area contributed by atoms with Gasteiger partial charge in [-0.15, -0.1) is 10.2 Å². The molecule has 0 saturated heterocycles. The summed E-state index contributed by atoms with van der Waals surface area (Å²) in [5, 5.41) is 12.8. The Morgan fingerprint density at radius 1 is 1.18 bits per heavy atom. The molecular formula is C16H25N5O. The van der Waals surface area contributed by atoms with Crippen molar-refractivity contribution >= 4 is 0 Å². The lowest BCUT2D eigenvalue weighted by Gasteiger charge is -2.25. The first-order chi connectivity index (χ1) is 10.2. The molecule has 0 aliphatic heterocycles. The first-order valence-electron chi connectivity index (χ1n) is 7.51. The van der Waals surface area contributed by atoms with Crippen molar-refractivity contribution in [1.29, 1.82) is 0 Å². The van der Waals surface area contributed by atoms with Gasteiger partial charge in [-0.2, -0.15) is 4.80 Å². The summed E-state index contributed by atoms with van der Waals surface area (Å²) in [6.07, 6.45) is 2.68. The topological polar surface area (TPSA) is 65.7 Å². The van der Waals surface area contributed by atoms with E-state index in [1.807, 2.05) is 12.1 Å². The van der Waals surface area contributed by atoms with Gasteiger partial charge in [0, 0.05) is 17.7 Å². The number of ether oxygens (including phenoxy) is 1. The molecule has 0 bridgehead atoms. The van der Waals surface area contributed by atoms with Crippen LogP contribution in [0.3, 0.4) is 0 Å². The third-order valence-corrected chi connectivity index (χ3v) is 3.79. The number of hydrogen-bond donors (Lipinski definition) is 0. The van der Waals surface area contributed by atoms with E-state index < -0.39 is 0 Å². The first kappa shape index (κ1) is 16.4. The van der Waals surface area contributed by atoms with Crippen LogP contribution < -0.4 is 4.74 Å². The second-order valence-electron chi connectivity index (χ2n) is 7.18. The number of hydrogen-bond acceptors (Lipinski definition) is 5. The Morgan fingerprint density at radius 2 is 1.91 bits per heavy atom. The lowest BCUT2D eigenvalue weighted by Crippen LogP contribution is -2.21. The SMILES string of the molecule is COc1cc(C(C)(C)CCn2nnc(C(C)(C)C)n2)ccn1. The van der Waals surface area contributed by atoms with Crippen LogP contribution >= 0.6 is 0 Å². The van der Waals surface area contributed by atoms with Crippen molar-refractivity contribution < 1.29 is 4.74 Å². The van der Waals surface area contributed by atoms with Crippen LogP contribution in [0, 0.1) is 0 Å². The maximum absolute atomic E-state index is 5.20. The van der Waals surface area contributed by atoms with Crippen LogP contribution in [0.1, 0.15) is 52.4 Å². The highest BCUT2D eigenvalue weighted by molar-refractivity contribution is 5.27. The molecule has 0 fully saturated rings. The minimum absolute atomic E-state index is 0.0221. The lowest BCUT2D eigenvalue weighted by molar-refractivity contribution is 0.379. The van der Waals surface area contributed by atoms with Crippen LogP contribution in [0.4, 0.5) is 0 Å². The maximum atomic E-state index is 5.20. The van der Waals surface area contributed by atoms with Crippen LogP contribution in [0.15, 0.2) is 18.3 Å². The van der Waals surface area contributed by atoms with Crippen LogP contribution in [0.5, 0.6) is 5.88 Å². The monoisotopic (exact) mass is 303 g/mol. The normalized spacial score (nSPS) is 12.5. The zero-order valence-corrected chi connectivity index (χ0v) is 14.3. The van der Waals surface area contributed by atoms with E-state index in [2.05, 4.69) is 55.0 Å². The summed E-state index contributed by atoms with van der Waals surface area (Å²) in [6.45, 7) is 11.4. The molecule has 6 heteroatoms. The number of aromatic nitrogens is 5. The van der Waals surface area contributed by atoms with Crippen LogP contribution in [-0.4, -0.2) is 32.3 Å². The number of methoxy groups -OCH3 is 1. The molecule has 0 amide bonds. The molecule has 0 aliphatic carbocycles. The summed E-state index contributed by atoms with van der Waals surface area (Å²) in [5.74, 6) is 1.41. The van der Waals surface area contributed by atoms with Crippen molar-refractivity contribution in [3.63, 3.8) is 0 Å². The number of pyridine rings is 1. The summed E-state index contributed by atoms with van der Waals surface area (Å²) >= 11 is 0. The largest absolute Gasteiger partial charge is 0.481 e. The molecule has 0 radical (unpaired) electrons. The predicted molar refractivity (Wildman–Crippen MR) is 84.9 cm³/mol. The van der Waals surface area contributed by atoms with E-state index in [9.17, 15) is 0 Å². The lowest BCUT2D eigenvalue weighted by atomic mass is 9.82. The number of rotatable bonds is 5. The van der Waals surface area contributed by atoms with Crippen molar-refractivity contribution in [2.75, 3.05) is 7.11 Å². The first-order valence-corrected chi connectivity index (χ1v) is 7.51. The van der Waals surface area contributed by atoms with E-state index in [0.29, 0.717) is 5.88 Å². The van der Waals surface area contributed by atoms with E-state index in [1.165, 1.54) is 5.56 Å². The molecule has 2 aromatic rings. The van der Waals surface area contributed by atoms with Gasteiger partial charge in [0.05, 0.1) is 13.7 Å². The van der Waals surface area contributed by atoms with Crippen LogP contribution in [-0.2, 0) is 17.4 Å². The highest BCUT2D eigenvalue weighted by Gasteiger charge is 2.23. The van der Waals surface area contributed by atoms with Gasteiger partial charge < -0.3 is 4.74 Å². The fraction of sp³-hybridized carbons (Fsp3) is 0.625. The molecule has 120 valence electrons. The van der Waals surface area contributed by atoms with Gasteiger partial charge in [0.15, 0.2) is 5.82 Å². The van der Waals surface area contributed by atoms with E-state index >= 15 is 0 Å². The molecule has 0 aromatic carbocycles. The third kappa shape index (κ3) is 3.81. The Labute approximate surface area is 131 Å². The van der Waals surface area contributed by atoms with Crippen LogP contribution in [0.2, 0.25) is 0 Å². The summed E-state index contributed by atoms with van der Waals surface area (Å²) in [4.78, 5) is 5.84. The van der Waals surface area contributed by atoms with Gasteiger partial charge in [-0.1, -0.05) is 34.6 Å². The quantitative estimate of drug-likeness (QED) is 0.849. The number of nitrogens with zero attached hydrogens (tertiary/aromatic N) is 5. The summed E-state index contributed by atoms with van der Waals surface area (Å²) in [6, 6.07) is 4.01. The molecule has 0 saturated carbocycles. The van der Waals surface area contributed by atoms with E-state index in [0.717, 1.165) is 18.8 Å². The maximum Gasteiger partial charge on any atom is 0.213 e. The van der Waals surface area contributed by atoms with Crippen LogP contribution in [0.25, 0.3) is 0 Å². The van der Waals surface area contributed by atoms with Gasteiger partial charge >= 0.3 is 0 Å². The smallest absolute Gasteiger partial charge is 0.213 e. The summed E-state index contributed by atoms with van der Waals surface area (Å²) in [5.41, 5.74) is 1.09. The third-order valence-electron chi connectivity index (χ3n) is 3.79. The van der Waals surface area contributed by atoms with Gasteiger partial charge in [-0.05, 0) is 28.7 Å². The average Bonchev–Trinajstić information content (AvgIpc) is 2.94. The van der Waals surface area contributed by atoms with Gasteiger partial charge in [0.2, 0.25) is 5.88 Å². The van der Waals surface area contributed by atoms with E-state index in [4.69, 9.17) is 4.74 Å². The Bertz CT molecular complexity index is 627. The standard InChI is InChI=1S/C16H25N5O/c1-15(2,3)14-18-20-21(19-14)10-8-16(4,5)12-7-9-17-13(11-12)22-6/h7,9,11H,8,10H2,1-6H3. The molecule has 2 rings (SSSR count). The predicted octanol–water partition coefficient (Wildman–Crippen LogP) is 2.74. The molecule has 6 nitrogen and oxygen atoms in total. The van der Waals surface area contributed by atoms with Gasteiger partial charge in [0.25, 0.3) is 0 Å². The molecule has 0 aliphatic rings. The molecule has 0 N–H and O–H groups in total. The minimum atomic E-state index is -0.0771. The summed E-state index contributed by atoms with van der Waals surface area (Å²) in [7, 11) is 1.63. The second kappa shape index (κ2) is 6.02. The van der Waals surface area contributed by atoms with Gasteiger partial charge in [-0.25, -0.2) is 4.98 Å². The molecule has 22 heavy (non-hydrogen) atoms. The molecule has 0 atom stereocenters. The fourth-order valence-corrected chi connectivity index (χ4v) is 2.10. The number of aryl methyl sites for hydroxylation is 1. The zero-order chi connectivity index (χ0) is 16.4. The van der Waals surface area contributed by atoms with Crippen molar-refractivity contribution in [2.45, 2.75) is 58.4 Å². The Hall–Kier alpha value is -1.98. The number of tetrazole rings is 1. The Morgan fingerprint density at radius 3 is 2.50 bits per heavy atom. The summed E-state index contributed by atoms with van der Waals surface area (Å²) < 4.78 is 5.20. The van der Waals surface area contributed by atoms with Gasteiger partial charge in [0.1, 0.15) is 0 Å². The Kier molecular flexibility index (Phi) is 4.49. The van der Waals surface area contributed by atoms with Crippen molar-refractivity contribution in [2.24, 2.45) is 0 Å². The zero-order valence-electron chi connectivity index (χ0n) is 14.3. The fourth-order valence-electron chi connectivity index (χ4n) is 2.10. The van der Waals surface area contributed by atoms with Gasteiger partial charge in [-0.3, -0.25) is 0 Å². The van der Waals surface area contributed by atoms with Crippen molar-refractivity contribution in [1.82, 2.24) is 25.2 Å². The molecular weight excluding hydrogens is 278 g/mol. The highest BCUT2D eigenvalue weighted by atomic mass is 16.5. The molecule has 2 heterocycles. The minimum Gasteiger partial charge on any atom is -0.481 e. The van der Waals surface area contributed by atoms with Crippen molar-refractivity contribution in [3.8, 4) is 5.88 Å². The van der Waals surface area contributed by atoms with Crippen molar-refractivity contribution in [3.05, 3.63) is 29.7 Å². The second-order valence-corrected chi connectivity index (χ2v) is 7.18. The molecule has 0 unspecified atom stereocenters. The molecule has 0 spiro atoms.